The van der Waals surface area contributed by atoms with Crippen molar-refractivity contribution in [2.75, 3.05) is 25.2 Å². The number of carbonyl (C=O) groups excluding carboxylic acids is 4. The topological polar surface area (TPSA) is 125 Å². The summed E-state index contributed by atoms with van der Waals surface area (Å²) in [4.78, 5) is 54.1. The zero-order valence-electron chi connectivity index (χ0n) is 18.6. The van der Waals surface area contributed by atoms with Gasteiger partial charge in [-0.3, -0.25) is 19.3 Å². The number of carbonyl (C=O) groups is 4. The standard InChI is InChI=1S/C24H26N2O7/c1-3-4-12-32-22(29)20-21(25)33-17-11-7-10-16(27)19(17)24(20)14-8-5-6-9-15(14)26(23(24)30)13-18(28)31-2/h5-6,8-9H,3-4,7,10-13,25H2,1-2H3/t24-/m0/s1. The van der Waals surface area contributed by atoms with Crippen molar-refractivity contribution in [2.24, 2.45) is 5.73 Å². The minimum Gasteiger partial charge on any atom is -0.468 e. The van der Waals surface area contributed by atoms with Crippen LogP contribution in [0.2, 0.25) is 0 Å². The van der Waals surface area contributed by atoms with Crippen LogP contribution < -0.4 is 10.6 Å². The molecule has 174 valence electrons. The number of esters is 2. The Labute approximate surface area is 191 Å². The number of rotatable bonds is 6. The predicted octanol–water partition coefficient (Wildman–Crippen LogP) is 1.99. The molecule has 9 nitrogen and oxygen atoms in total. The van der Waals surface area contributed by atoms with Gasteiger partial charge in [0, 0.05) is 24.1 Å². The number of ketones is 1. The molecule has 1 aliphatic carbocycles. The van der Waals surface area contributed by atoms with E-state index in [1.54, 1.807) is 24.3 Å². The van der Waals surface area contributed by atoms with Gasteiger partial charge in [0.15, 0.2) is 5.78 Å². The maximum Gasteiger partial charge on any atom is 0.341 e. The SMILES string of the molecule is CCCCOC(=O)C1=C(N)OC2=C(C(=O)CCC2)[C@]12C(=O)N(CC(=O)OC)c1ccccc12. The first-order valence-corrected chi connectivity index (χ1v) is 11.0. The molecular weight excluding hydrogens is 428 g/mol. The Balaban J connectivity index is 1.97. The summed E-state index contributed by atoms with van der Waals surface area (Å²) in [6.07, 6.45) is 2.56. The molecule has 9 heteroatoms. The van der Waals surface area contributed by atoms with Crippen LogP contribution in [-0.4, -0.2) is 43.9 Å². The molecule has 1 aromatic rings. The van der Waals surface area contributed by atoms with E-state index in [0.717, 1.165) is 6.42 Å². The van der Waals surface area contributed by atoms with E-state index in [2.05, 4.69) is 0 Å². The fourth-order valence-electron chi connectivity index (χ4n) is 4.75. The molecule has 1 spiro atoms. The van der Waals surface area contributed by atoms with Crippen LogP contribution >= 0.6 is 0 Å². The lowest BCUT2D eigenvalue weighted by atomic mass is 9.64. The minimum atomic E-state index is -1.84. The Bertz CT molecular complexity index is 1100. The second-order valence-electron chi connectivity index (χ2n) is 8.14. The Kier molecular flexibility index (Phi) is 5.97. The van der Waals surface area contributed by atoms with Crippen LogP contribution in [0.5, 0.6) is 0 Å². The lowest BCUT2D eigenvalue weighted by Gasteiger charge is -2.38. The summed E-state index contributed by atoms with van der Waals surface area (Å²) in [6, 6.07) is 6.73. The van der Waals surface area contributed by atoms with Gasteiger partial charge < -0.3 is 19.9 Å². The van der Waals surface area contributed by atoms with Gasteiger partial charge in [-0.2, -0.15) is 0 Å². The number of ether oxygens (including phenoxy) is 3. The summed E-state index contributed by atoms with van der Waals surface area (Å²) in [5, 5.41) is 0. The first-order chi connectivity index (χ1) is 15.9. The van der Waals surface area contributed by atoms with Crippen molar-refractivity contribution >= 4 is 29.3 Å². The second-order valence-corrected chi connectivity index (χ2v) is 8.14. The van der Waals surface area contributed by atoms with Crippen LogP contribution in [-0.2, 0) is 38.8 Å². The van der Waals surface area contributed by atoms with Gasteiger partial charge >= 0.3 is 11.9 Å². The van der Waals surface area contributed by atoms with Gasteiger partial charge in [-0.05, 0) is 18.9 Å². The van der Waals surface area contributed by atoms with Crippen LogP contribution in [0.3, 0.4) is 0 Å². The quantitative estimate of drug-likeness (QED) is 0.511. The molecule has 0 saturated heterocycles. The molecular formula is C24H26N2O7. The van der Waals surface area contributed by atoms with E-state index < -0.39 is 23.3 Å². The fraction of sp³-hybridized carbons (Fsp3) is 0.417. The molecule has 4 rings (SSSR count). The van der Waals surface area contributed by atoms with Gasteiger partial charge in [0.25, 0.3) is 0 Å². The van der Waals surface area contributed by atoms with E-state index in [0.29, 0.717) is 30.5 Å². The number of Topliss-reactive ketones (excluding diaryl/α,β-unsaturated/α-hetero) is 1. The molecule has 3 aliphatic rings. The van der Waals surface area contributed by atoms with Crippen molar-refractivity contribution in [3.63, 3.8) is 0 Å². The lowest BCUT2D eigenvalue weighted by molar-refractivity contribution is -0.142. The van der Waals surface area contributed by atoms with E-state index in [-0.39, 0.29) is 48.1 Å². The van der Waals surface area contributed by atoms with Gasteiger partial charge in [-0.25, -0.2) is 4.79 Å². The third kappa shape index (κ3) is 3.39. The molecule has 0 unspecified atom stereocenters. The molecule has 1 amide bonds. The van der Waals surface area contributed by atoms with Crippen LogP contribution in [0.1, 0.15) is 44.6 Å². The maximum absolute atomic E-state index is 14.2. The number of anilines is 1. The third-order valence-corrected chi connectivity index (χ3v) is 6.21. The number of hydrogen-bond acceptors (Lipinski definition) is 8. The van der Waals surface area contributed by atoms with E-state index in [1.165, 1.54) is 12.0 Å². The largest absolute Gasteiger partial charge is 0.468 e. The van der Waals surface area contributed by atoms with E-state index in [1.807, 2.05) is 6.92 Å². The van der Waals surface area contributed by atoms with Crippen molar-refractivity contribution < 1.29 is 33.4 Å². The number of nitrogens with zero attached hydrogens (tertiary/aromatic N) is 1. The Hall–Kier alpha value is -3.62. The Morgan fingerprint density at radius 2 is 1.97 bits per heavy atom. The minimum absolute atomic E-state index is 0.0928. The number of unbranched alkanes of at least 4 members (excludes halogenated alkanes) is 1. The van der Waals surface area contributed by atoms with Crippen molar-refractivity contribution in [1.29, 1.82) is 0 Å². The summed E-state index contributed by atoms with van der Waals surface area (Å²) in [5.74, 6) is -2.40. The summed E-state index contributed by atoms with van der Waals surface area (Å²) >= 11 is 0. The summed E-state index contributed by atoms with van der Waals surface area (Å²) in [6.45, 7) is 1.69. The molecule has 2 heterocycles. The van der Waals surface area contributed by atoms with E-state index >= 15 is 0 Å². The number of methoxy groups -OCH3 is 1. The molecule has 1 aromatic carbocycles. The highest BCUT2D eigenvalue weighted by Crippen LogP contribution is 2.56. The average Bonchev–Trinajstić information content (AvgIpc) is 3.02. The second kappa shape index (κ2) is 8.73. The number of fused-ring (bicyclic) bond motifs is 3. The molecule has 0 aromatic heterocycles. The average molecular weight is 454 g/mol. The Morgan fingerprint density at radius 3 is 2.70 bits per heavy atom. The highest BCUT2D eigenvalue weighted by atomic mass is 16.5. The highest BCUT2D eigenvalue weighted by Gasteiger charge is 2.64. The number of benzene rings is 1. The number of amides is 1. The third-order valence-electron chi connectivity index (χ3n) is 6.21. The van der Waals surface area contributed by atoms with Crippen molar-refractivity contribution in [1.82, 2.24) is 0 Å². The molecule has 2 aliphatic heterocycles. The predicted molar refractivity (Wildman–Crippen MR) is 117 cm³/mol. The van der Waals surface area contributed by atoms with Crippen molar-refractivity contribution in [3.8, 4) is 0 Å². The van der Waals surface area contributed by atoms with Gasteiger partial charge in [0.05, 0.1) is 19.3 Å². The number of nitrogens with two attached hydrogens (primary N) is 1. The molecule has 2 N–H and O–H groups in total. The maximum atomic E-state index is 14.2. The number of hydrogen-bond donors (Lipinski definition) is 1. The number of allylic oxidation sites excluding steroid dienone is 1. The molecule has 0 saturated carbocycles. The summed E-state index contributed by atoms with van der Waals surface area (Å²) in [7, 11) is 1.22. The fourth-order valence-corrected chi connectivity index (χ4v) is 4.75. The highest BCUT2D eigenvalue weighted by molar-refractivity contribution is 6.24. The van der Waals surface area contributed by atoms with Crippen LogP contribution in [0.15, 0.2) is 47.1 Å². The van der Waals surface area contributed by atoms with Gasteiger partial charge in [0.1, 0.15) is 23.3 Å². The first-order valence-electron chi connectivity index (χ1n) is 11.0. The zero-order valence-corrected chi connectivity index (χ0v) is 18.6. The van der Waals surface area contributed by atoms with Gasteiger partial charge in [-0.1, -0.05) is 31.5 Å². The molecule has 0 bridgehead atoms. The van der Waals surface area contributed by atoms with Gasteiger partial charge in [-0.15, -0.1) is 0 Å². The monoisotopic (exact) mass is 454 g/mol. The lowest BCUT2D eigenvalue weighted by Crippen LogP contribution is -2.52. The molecule has 1 atom stereocenters. The summed E-state index contributed by atoms with van der Waals surface area (Å²) < 4.78 is 16.0. The Morgan fingerprint density at radius 1 is 1.21 bits per heavy atom. The zero-order chi connectivity index (χ0) is 23.8. The van der Waals surface area contributed by atoms with Gasteiger partial charge in [0.2, 0.25) is 11.8 Å². The number of para-hydroxylation sites is 1. The smallest absolute Gasteiger partial charge is 0.341 e. The van der Waals surface area contributed by atoms with Crippen molar-refractivity contribution in [2.45, 2.75) is 44.4 Å². The molecule has 33 heavy (non-hydrogen) atoms. The van der Waals surface area contributed by atoms with E-state index in [9.17, 15) is 19.2 Å². The summed E-state index contributed by atoms with van der Waals surface area (Å²) in [5.41, 5.74) is 5.04. The van der Waals surface area contributed by atoms with Crippen LogP contribution in [0.4, 0.5) is 5.69 Å². The molecule has 0 radical (unpaired) electrons. The van der Waals surface area contributed by atoms with Crippen LogP contribution in [0.25, 0.3) is 0 Å². The normalized spacial score (nSPS) is 21.7. The first kappa shape index (κ1) is 22.6. The van der Waals surface area contributed by atoms with E-state index in [4.69, 9.17) is 19.9 Å². The van der Waals surface area contributed by atoms with Crippen LogP contribution in [0, 0.1) is 0 Å². The van der Waals surface area contributed by atoms with Crippen molar-refractivity contribution in [3.05, 3.63) is 52.6 Å². The molecule has 0 fully saturated rings.